The first-order valence-electron chi connectivity index (χ1n) is 5.83. The lowest BCUT2D eigenvalue weighted by Crippen LogP contribution is -2.36. The van der Waals surface area contributed by atoms with Gasteiger partial charge < -0.3 is 0 Å². The van der Waals surface area contributed by atoms with Crippen LogP contribution in [0.1, 0.15) is 18.9 Å². The van der Waals surface area contributed by atoms with Crippen molar-refractivity contribution >= 4 is 21.4 Å². The minimum absolute atomic E-state index is 0.249. The van der Waals surface area contributed by atoms with Gasteiger partial charge in [-0.1, -0.05) is 6.92 Å². The summed E-state index contributed by atoms with van der Waals surface area (Å²) in [6, 6.07) is 2.09. The third-order valence-corrected chi connectivity index (χ3v) is 5.69. The highest BCUT2D eigenvalue weighted by Crippen LogP contribution is 2.19. The molecule has 1 saturated heterocycles. The summed E-state index contributed by atoms with van der Waals surface area (Å²) in [5, 5.41) is 3.92. The fraction of sp³-hybridized carbons (Fsp3) is 0.636. The second-order valence-corrected chi connectivity index (χ2v) is 7.15. The van der Waals surface area contributed by atoms with E-state index >= 15 is 0 Å². The quantitative estimate of drug-likeness (QED) is 0.879. The first-order chi connectivity index (χ1) is 8.12. The van der Waals surface area contributed by atoms with Crippen LogP contribution in [0.4, 0.5) is 0 Å². The minimum Gasteiger partial charge on any atom is -0.298 e. The summed E-state index contributed by atoms with van der Waals surface area (Å²) in [4.78, 5) is 2.21. The van der Waals surface area contributed by atoms with Crippen molar-refractivity contribution in [1.82, 2.24) is 9.62 Å². The van der Waals surface area contributed by atoms with Gasteiger partial charge in [0, 0.05) is 19.6 Å². The summed E-state index contributed by atoms with van der Waals surface area (Å²) in [5.74, 6) is 0. The van der Waals surface area contributed by atoms with Gasteiger partial charge in [0.25, 0.3) is 0 Å². The van der Waals surface area contributed by atoms with Crippen LogP contribution in [0.25, 0.3) is 0 Å². The molecule has 0 aromatic carbocycles. The number of sulfonamides is 1. The number of hydrogen-bond donors (Lipinski definition) is 1. The number of nitrogens with zero attached hydrogens (tertiary/aromatic N) is 1. The van der Waals surface area contributed by atoms with E-state index in [1.807, 2.05) is 6.92 Å². The van der Waals surface area contributed by atoms with E-state index in [1.54, 1.807) is 11.3 Å². The van der Waals surface area contributed by atoms with Gasteiger partial charge in [-0.2, -0.15) is 11.3 Å². The molecule has 0 saturated carbocycles. The number of thiophene rings is 1. The monoisotopic (exact) mass is 274 g/mol. The van der Waals surface area contributed by atoms with E-state index in [4.69, 9.17) is 0 Å². The third-order valence-electron chi connectivity index (χ3n) is 3.00. The van der Waals surface area contributed by atoms with Gasteiger partial charge in [-0.3, -0.25) is 4.90 Å². The number of nitrogens with one attached hydrogen (secondary N) is 1. The van der Waals surface area contributed by atoms with Gasteiger partial charge in [-0.15, -0.1) is 0 Å². The fourth-order valence-electron chi connectivity index (χ4n) is 2.15. The van der Waals surface area contributed by atoms with Crippen LogP contribution in [0, 0.1) is 0 Å². The lowest BCUT2D eigenvalue weighted by molar-refractivity contribution is 0.331. The second kappa shape index (κ2) is 5.48. The van der Waals surface area contributed by atoms with Crippen LogP contribution in [-0.2, 0) is 16.6 Å². The molecular weight excluding hydrogens is 256 g/mol. The smallest absolute Gasteiger partial charge is 0.215 e. The molecule has 0 bridgehead atoms. The molecule has 0 spiro atoms. The van der Waals surface area contributed by atoms with E-state index in [0.29, 0.717) is 13.1 Å². The normalized spacial score (nSPS) is 22.1. The van der Waals surface area contributed by atoms with E-state index in [0.717, 1.165) is 19.5 Å². The standard InChI is InChI=1S/C11H18N2O2S2/c1-2-12-17(14,15)11-3-5-13(8-11)7-10-4-6-16-9-10/h4,6,9,11-12H,2-3,5,7-8H2,1H3/t11-/m0/s1. The van der Waals surface area contributed by atoms with E-state index < -0.39 is 10.0 Å². The van der Waals surface area contributed by atoms with Crippen LogP contribution in [0.5, 0.6) is 0 Å². The zero-order chi connectivity index (χ0) is 12.3. The summed E-state index contributed by atoms with van der Waals surface area (Å²) in [5.41, 5.74) is 1.27. The Morgan fingerprint density at radius 2 is 2.41 bits per heavy atom. The van der Waals surface area contributed by atoms with Crippen molar-refractivity contribution in [3.63, 3.8) is 0 Å². The van der Waals surface area contributed by atoms with Crippen molar-refractivity contribution < 1.29 is 8.42 Å². The van der Waals surface area contributed by atoms with Crippen molar-refractivity contribution in [3.05, 3.63) is 22.4 Å². The summed E-state index contributed by atoms with van der Waals surface area (Å²) in [7, 11) is -3.11. The van der Waals surface area contributed by atoms with Crippen LogP contribution < -0.4 is 4.72 Å². The Hall–Kier alpha value is -0.430. The molecule has 1 aliphatic heterocycles. The minimum atomic E-state index is -3.11. The average molecular weight is 274 g/mol. The average Bonchev–Trinajstić information content (AvgIpc) is 2.89. The molecule has 2 heterocycles. The number of likely N-dealkylation sites (tertiary alicyclic amines) is 1. The van der Waals surface area contributed by atoms with E-state index in [1.165, 1.54) is 5.56 Å². The predicted octanol–water partition coefficient (Wildman–Crippen LogP) is 1.26. The van der Waals surface area contributed by atoms with Crippen LogP contribution in [-0.4, -0.2) is 38.2 Å². The van der Waals surface area contributed by atoms with Crippen molar-refractivity contribution in [2.24, 2.45) is 0 Å². The molecule has 0 aliphatic carbocycles. The summed E-state index contributed by atoms with van der Waals surface area (Å²) < 4.78 is 26.3. The molecule has 1 aromatic rings. The Morgan fingerprint density at radius 3 is 3.06 bits per heavy atom. The molecule has 4 nitrogen and oxygen atoms in total. The Morgan fingerprint density at radius 1 is 1.59 bits per heavy atom. The van der Waals surface area contributed by atoms with Crippen LogP contribution in [0.15, 0.2) is 16.8 Å². The lowest BCUT2D eigenvalue weighted by atomic mass is 10.3. The maximum atomic E-state index is 11.8. The molecule has 1 N–H and O–H groups in total. The molecule has 0 radical (unpaired) electrons. The molecule has 0 amide bonds. The van der Waals surface area contributed by atoms with Crippen LogP contribution in [0.3, 0.4) is 0 Å². The maximum Gasteiger partial charge on any atom is 0.215 e. The third kappa shape index (κ3) is 3.28. The Kier molecular flexibility index (Phi) is 4.19. The largest absolute Gasteiger partial charge is 0.298 e. The molecule has 0 unspecified atom stereocenters. The van der Waals surface area contributed by atoms with Gasteiger partial charge in [-0.25, -0.2) is 13.1 Å². The van der Waals surface area contributed by atoms with E-state index in [2.05, 4.69) is 26.4 Å². The van der Waals surface area contributed by atoms with E-state index in [9.17, 15) is 8.42 Å². The zero-order valence-corrected chi connectivity index (χ0v) is 11.6. The highest BCUT2D eigenvalue weighted by atomic mass is 32.2. The maximum absolute atomic E-state index is 11.8. The van der Waals surface area contributed by atoms with Gasteiger partial charge in [0.05, 0.1) is 5.25 Å². The van der Waals surface area contributed by atoms with Crippen molar-refractivity contribution in [3.8, 4) is 0 Å². The molecule has 1 aromatic heterocycles. The zero-order valence-electron chi connectivity index (χ0n) is 9.93. The first-order valence-corrected chi connectivity index (χ1v) is 8.32. The SMILES string of the molecule is CCNS(=O)(=O)[C@H]1CCN(Cc2ccsc2)C1. The molecule has 1 fully saturated rings. The Labute approximate surface area is 107 Å². The number of hydrogen-bond acceptors (Lipinski definition) is 4. The highest BCUT2D eigenvalue weighted by molar-refractivity contribution is 7.90. The topological polar surface area (TPSA) is 49.4 Å². The molecule has 96 valence electrons. The Balaban J connectivity index is 1.91. The predicted molar refractivity (Wildman–Crippen MR) is 70.6 cm³/mol. The van der Waals surface area contributed by atoms with Crippen LogP contribution >= 0.6 is 11.3 Å². The lowest BCUT2D eigenvalue weighted by Gasteiger charge is -2.15. The van der Waals surface area contributed by atoms with Crippen molar-refractivity contribution in [2.75, 3.05) is 19.6 Å². The van der Waals surface area contributed by atoms with Gasteiger partial charge in [0.2, 0.25) is 10.0 Å². The van der Waals surface area contributed by atoms with Gasteiger partial charge >= 0.3 is 0 Å². The molecule has 1 aliphatic rings. The van der Waals surface area contributed by atoms with E-state index in [-0.39, 0.29) is 5.25 Å². The second-order valence-electron chi connectivity index (χ2n) is 4.32. The Bertz CT molecular complexity index is 442. The summed E-state index contributed by atoms with van der Waals surface area (Å²) >= 11 is 1.68. The molecule has 6 heteroatoms. The van der Waals surface area contributed by atoms with Crippen molar-refractivity contribution in [1.29, 1.82) is 0 Å². The van der Waals surface area contributed by atoms with Gasteiger partial charge in [0.1, 0.15) is 0 Å². The molecular formula is C11H18N2O2S2. The van der Waals surface area contributed by atoms with Crippen molar-refractivity contribution in [2.45, 2.75) is 25.1 Å². The highest BCUT2D eigenvalue weighted by Gasteiger charge is 2.32. The number of rotatable bonds is 5. The molecule has 2 rings (SSSR count). The molecule has 1 atom stereocenters. The summed E-state index contributed by atoms with van der Waals surface area (Å²) in [6.07, 6.45) is 0.736. The van der Waals surface area contributed by atoms with Crippen LogP contribution in [0.2, 0.25) is 0 Å². The van der Waals surface area contributed by atoms with Gasteiger partial charge in [-0.05, 0) is 35.4 Å². The fourth-order valence-corrected chi connectivity index (χ4v) is 4.27. The summed E-state index contributed by atoms with van der Waals surface area (Å²) in [6.45, 7) is 4.66. The first kappa shape index (κ1) is 13.0. The molecule has 17 heavy (non-hydrogen) atoms. The van der Waals surface area contributed by atoms with Gasteiger partial charge in [0.15, 0.2) is 0 Å².